The maximum atomic E-state index is 13.5. The minimum Gasteiger partial charge on any atom is -0.463 e. The summed E-state index contributed by atoms with van der Waals surface area (Å²) in [6, 6.07) is 21.3. The molecule has 1 N–H and O–H groups in total. The van der Waals surface area contributed by atoms with Gasteiger partial charge in [0.05, 0.1) is 35.4 Å². The number of carbonyl (C=O) groups is 5. The van der Waals surface area contributed by atoms with E-state index in [0.29, 0.717) is 16.7 Å². The van der Waals surface area contributed by atoms with Crippen LogP contribution in [0.1, 0.15) is 54.7 Å². The van der Waals surface area contributed by atoms with Gasteiger partial charge in [0, 0.05) is 25.2 Å². The number of nitrogens with zero attached hydrogens (tertiary/aromatic N) is 1. The van der Waals surface area contributed by atoms with E-state index in [-0.39, 0.29) is 41.0 Å². The van der Waals surface area contributed by atoms with Gasteiger partial charge in [-0.3, -0.25) is 14.4 Å². The molecule has 258 valence electrons. The highest BCUT2D eigenvalue weighted by atomic mass is 19.4. The highest BCUT2D eigenvalue weighted by Crippen LogP contribution is 2.38. The number of benzene rings is 4. The summed E-state index contributed by atoms with van der Waals surface area (Å²) in [6.45, 7) is 0.918. The van der Waals surface area contributed by atoms with Crippen LogP contribution in [-0.4, -0.2) is 61.9 Å². The van der Waals surface area contributed by atoms with E-state index in [1.54, 1.807) is 37.3 Å². The fourth-order valence-corrected chi connectivity index (χ4v) is 5.44. The molecule has 2 amide bonds. The predicted molar refractivity (Wildman–Crippen MR) is 174 cm³/mol. The summed E-state index contributed by atoms with van der Waals surface area (Å²) in [5.41, 5.74) is -1.09. The Morgan fingerprint density at radius 2 is 1.50 bits per heavy atom. The standard InChI is InChI=1S/C37H31F3N2O8/c1-4-48-35(47)36(29-12-8-7-11-27(29)34(46)50-36)21-49-31(43)20-22-13-18-30(28(19-22)33(45)42(2)3)41-32(44)26-10-6-5-9-25(26)23-14-16-24(17-15-23)37(38,39)40/h5-19H,4,20-21H2,1-3H3,(H,41,44). The van der Waals surface area contributed by atoms with Gasteiger partial charge in [0.15, 0.2) is 0 Å². The number of nitrogens with one attached hydrogen (secondary N) is 1. The van der Waals surface area contributed by atoms with Crippen molar-refractivity contribution >= 4 is 35.4 Å². The molecule has 0 spiro atoms. The van der Waals surface area contributed by atoms with Crippen molar-refractivity contribution in [2.24, 2.45) is 0 Å². The van der Waals surface area contributed by atoms with Crippen molar-refractivity contribution in [1.29, 1.82) is 0 Å². The zero-order chi connectivity index (χ0) is 36.2. The Hall–Kier alpha value is -5.98. The molecule has 4 aromatic rings. The Labute approximate surface area is 284 Å². The van der Waals surface area contributed by atoms with Crippen LogP contribution in [0.15, 0.2) is 91.0 Å². The third-order valence-corrected chi connectivity index (χ3v) is 7.90. The van der Waals surface area contributed by atoms with Crippen LogP contribution in [0.25, 0.3) is 11.1 Å². The number of hydrogen-bond donors (Lipinski definition) is 1. The van der Waals surface area contributed by atoms with Crippen LogP contribution in [0.4, 0.5) is 18.9 Å². The van der Waals surface area contributed by atoms with Crippen LogP contribution in [0.2, 0.25) is 0 Å². The molecule has 1 atom stereocenters. The number of cyclic esters (lactones) is 1. The monoisotopic (exact) mass is 688 g/mol. The van der Waals surface area contributed by atoms with Crippen molar-refractivity contribution in [2.45, 2.75) is 25.1 Å². The molecule has 0 saturated carbocycles. The topological polar surface area (TPSA) is 128 Å². The summed E-state index contributed by atoms with van der Waals surface area (Å²) in [5.74, 6) is -3.60. The number of esters is 3. The number of anilines is 1. The molecule has 0 aromatic heterocycles. The number of hydrogen-bond acceptors (Lipinski definition) is 8. The number of rotatable bonds is 10. The lowest BCUT2D eigenvalue weighted by Gasteiger charge is -2.26. The molecule has 1 aliphatic heterocycles. The molecule has 1 aliphatic rings. The normalized spacial score (nSPS) is 15.0. The highest BCUT2D eigenvalue weighted by Gasteiger charge is 2.54. The molecule has 5 rings (SSSR count). The van der Waals surface area contributed by atoms with Crippen molar-refractivity contribution in [2.75, 3.05) is 32.6 Å². The van der Waals surface area contributed by atoms with E-state index in [0.717, 1.165) is 12.1 Å². The van der Waals surface area contributed by atoms with Gasteiger partial charge < -0.3 is 24.4 Å². The first-order valence-electron chi connectivity index (χ1n) is 15.3. The van der Waals surface area contributed by atoms with Gasteiger partial charge in [-0.15, -0.1) is 0 Å². The van der Waals surface area contributed by atoms with Crippen LogP contribution < -0.4 is 5.32 Å². The van der Waals surface area contributed by atoms with Crippen LogP contribution in [0.5, 0.6) is 0 Å². The second-order valence-electron chi connectivity index (χ2n) is 11.5. The van der Waals surface area contributed by atoms with Crippen molar-refractivity contribution in [1.82, 2.24) is 4.90 Å². The molecule has 1 unspecified atom stereocenters. The first-order chi connectivity index (χ1) is 23.7. The van der Waals surface area contributed by atoms with E-state index in [2.05, 4.69) is 5.32 Å². The summed E-state index contributed by atoms with van der Waals surface area (Å²) >= 11 is 0. The van der Waals surface area contributed by atoms with Gasteiger partial charge in [-0.1, -0.05) is 54.6 Å². The summed E-state index contributed by atoms with van der Waals surface area (Å²) in [4.78, 5) is 66.6. The molecule has 0 bridgehead atoms. The second kappa shape index (κ2) is 14.2. The average molecular weight is 689 g/mol. The third-order valence-electron chi connectivity index (χ3n) is 7.90. The molecule has 1 heterocycles. The fourth-order valence-electron chi connectivity index (χ4n) is 5.44. The van der Waals surface area contributed by atoms with Gasteiger partial charge in [0.1, 0.15) is 6.61 Å². The molecule has 50 heavy (non-hydrogen) atoms. The van der Waals surface area contributed by atoms with Gasteiger partial charge in [0.25, 0.3) is 17.4 Å². The smallest absolute Gasteiger partial charge is 0.416 e. The SMILES string of the molecule is CCOC(=O)C1(COC(=O)Cc2ccc(NC(=O)c3ccccc3-c3ccc(C(F)(F)F)cc3)c(C(=O)N(C)C)c2)OC(=O)c2ccccc21. The summed E-state index contributed by atoms with van der Waals surface area (Å²) in [7, 11) is 3.01. The number of amides is 2. The maximum absolute atomic E-state index is 13.5. The van der Waals surface area contributed by atoms with Gasteiger partial charge in [-0.2, -0.15) is 13.2 Å². The maximum Gasteiger partial charge on any atom is 0.416 e. The molecule has 13 heteroatoms. The Bertz CT molecular complexity index is 1970. The van der Waals surface area contributed by atoms with E-state index >= 15 is 0 Å². The number of alkyl halides is 3. The van der Waals surface area contributed by atoms with Gasteiger partial charge in [-0.05, 0) is 60.0 Å². The lowest BCUT2D eigenvalue weighted by molar-refractivity contribution is -0.175. The van der Waals surface area contributed by atoms with Crippen LogP contribution in [0, 0.1) is 0 Å². The van der Waals surface area contributed by atoms with Crippen LogP contribution in [-0.2, 0) is 42.0 Å². The molecule has 10 nitrogen and oxygen atoms in total. The van der Waals surface area contributed by atoms with Gasteiger partial charge in [0.2, 0.25) is 0 Å². The van der Waals surface area contributed by atoms with E-state index < -0.39 is 53.7 Å². The van der Waals surface area contributed by atoms with E-state index in [1.807, 2.05) is 0 Å². The van der Waals surface area contributed by atoms with E-state index in [4.69, 9.17) is 14.2 Å². The van der Waals surface area contributed by atoms with Crippen molar-refractivity contribution in [3.63, 3.8) is 0 Å². The minimum absolute atomic E-state index is 0.0134. The van der Waals surface area contributed by atoms with Crippen molar-refractivity contribution in [3.05, 3.63) is 124 Å². The largest absolute Gasteiger partial charge is 0.463 e. The summed E-state index contributed by atoms with van der Waals surface area (Å²) in [5, 5.41) is 2.71. The fraction of sp³-hybridized carbons (Fsp3) is 0.216. The third kappa shape index (κ3) is 7.21. The Morgan fingerprint density at radius 3 is 2.16 bits per heavy atom. The zero-order valence-corrected chi connectivity index (χ0v) is 27.1. The van der Waals surface area contributed by atoms with Crippen molar-refractivity contribution < 1.29 is 51.4 Å². The summed E-state index contributed by atoms with van der Waals surface area (Å²) < 4.78 is 55.4. The molecule has 0 fully saturated rings. The molecule has 0 radical (unpaired) electrons. The Morgan fingerprint density at radius 1 is 0.840 bits per heavy atom. The Balaban J connectivity index is 1.36. The van der Waals surface area contributed by atoms with E-state index in [1.165, 1.54) is 67.5 Å². The number of halogens is 3. The van der Waals surface area contributed by atoms with E-state index in [9.17, 15) is 37.1 Å². The minimum atomic E-state index is -4.52. The van der Waals surface area contributed by atoms with Crippen molar-refractivity contribution in [3.8, 4) is 11.1 Å². The predicted octanol–water partition coefficient (Wildman–Crippen LogP) is 6.04. The first-order valence-corrected chi connectivity index (χ1v) is 15.3. The zero-order valence-electron chi connectivity index (χ0n) is 27.1. The molecule has 4 aromatic carbocycles. The molecular weight excluding hydrogens is 657 g/mol. The number of ether oxygens (including phenoxy) is 3. The molecular formula is C37H31F3N2O8. The van der Waals surface area contributed by atoms with Crippen LogP contribution in [0.3, 0.4) is 0 Å². The Kier molecular flexibility index (Phi) is 10.1. The van der Waals surface area contributed by atoms with Gasteiger partial charge in [-0.25, -0.2) is 9.59 Å². The molecule has 0 aliphatic carbocycles. The lowest BCUT2D eigenvalue weighted by atomic mass is 9.93. The first kappa shape index (κ1) is 35.3. The number of fused-ring (bicyclic) bond motifs is 1. The second-order valence-corrected chi connectivity index (χ2v) is 11.5. The van der Waals surface area contributed by atoms with Crippen LogP contribution >= 0.6 is 0 Å². The highest BCUT2D eigenvalue weighted by molar-refractivity contribution is 6.12. The average Bonchev–Trinajstić information content (AvgIpc) is 3.39. The number of carbonyl (C=O) groups excluding carboxylic acids is 5. The van der Waals surface area contributed by atoms with Gasteiger partial charge >= 0.3 is 24.1 Å². The summed E-state index contributed by atoms with van der Waals surface area (Å²) in [6.07, 6.45) is -4.87. The lowest BCUT2D eigenvalue weighted by Crippen LogP contribution is -2.43. The quantitative estimate of drug-likeness (QED) is 0.158. The molecule has 0 saturated heterocycles.